The van der Waals surface area contributed by atoms with Gasteiger partial charge in [0.2, 0.25) is 10.0 Å². The van der Waals surface area contributed by atoms with Crippen molar-refractivity contribution in [3.8, 4) is 0 Å². The van der Waals surface area contributed by atoms with E-state index < -0.39 is 21.9 Å². The number of carboxylic acid groups (broad SMARTS) is 1. The molecule has 0 fully saturated rings. The number of rotatable bonds is 6. The number of carbonyl (C=O) groups excluding carboxylic acids is 1. The molecule has 2 aromatic heterocycles. The highest BCUT2D eigenvalue weighted by Crippen LogP contribution is 2.24. The Bertz CT molecular complexity index is 837. The van der Waals surface area contributed by atoms with Crippen LogP contribution in [0.5, 0.6) is 0 Å². The van der Waals surface area contributed by atoms with Crippen LogP contribution in [0.3, 0.4) is 0 Å². The van der Waals surface area contributed by atoms with Gasteiger partial charge in [0.05, 0.1) is 0 Å². The van der Waals surface area contributed by atoms with E-state index in [0.29, 0.717) is 0 Å². The molecule has 0 saturated carbocycles. The van der Waals surface area contributed by atoms with E-state index >= 15 is 0 Å². The Hall–Kier alpha value is -2.24. The number of nitrogens with zero attached hydrogens (tertiary/aromatic N) is 3. The van der Waals surface area contributed by atoms with Gasteiger partial charge in [-0.2, -0.15) is 5.10 Å². The monoisotopic (exact) mass is 358 g/mol. The van der Waals surface area contributed by atoms with Gasteiger partial charge in [-0.3, -0.25) is 14.3 Å². The fraction of sp³-hybridized carbons (Fsp3) is 0.250. The summed E-state index contributed by atoms with van der Waals surface area (Å²) in [5.41, 5.74) is 0. The second-order valence-electron chi connectivity index (χ2n) is 4.65. The molecule has 2 rings (SSSR count). The van der Waals surface area contributed by atoms with Crippen LogP contribution in [0.2, 0.25) is 0 Å². The maximum Gasteiger partial charge on any atom is 0.325 e. The average Bonchev–Trinajstić information content (AvgIpc) is 3.07. The van der Waals surface area contributed by atoms with E-state index in [2.05, 4.69) is 10.4 Å². The predicted octanol–water partition coefficient (Wildman–Crippen LogP) is 0.532. The van der Waals surface area contributed by atoms with Crippen LogP contribution >= 0.6 is 11.3 Å². The SMILES string of the molecule is CN(C)S(=O)(=O)c1ccsc1C(=O)Nc1ccn(CC(=O)O)n1. The molecule has 0 unspecified atom stereocenters. The first-order chi connectivity index (χ1) is 10.7. The average molecular weight is 358 g/mol. The normalized spacial score (nSPS) is 11.6. The van der Waals surface area contributed by atoms with Gasteiger partial charge in [-0.1, -0.05) is 0 Å². The first kappa shape index (κ1) is 17.1. The third-order valence-corrected chi connectivity index (χ3v) is 5.67. The highest BCUT2D eigenvalue weighted by Gasteiger charge is 2.26. The summed E-state index contributed by atoms with van der Waals surface area (Å²) in [5, 5.41) is 16.5. The smallest absolute Gasteiger partial charge is 0.325 e. The molecule has 0 aliphatic carbocycles. The number of nitrogens with one attached hydrogen (secondary N) is 1. The van der Waals surface area contributed by atoms with Crippen molar-refractivity contribution in [3.63, 3.8) is 0 Å². The number of aliphatic carboxylic acids is 1. The molecule has 2 heterocycles. The van der Waals surface area contributed by atoms with Crippen LogP contribution in [0.1, 0.15) is 9.67 Å². The van der Waals surface area contributed by atoms with Crippen LogP contribution in [-0.4, -0.2) is 53.6 Å². The van der Waals surface area contributed by atoms with Crippen LogP contribution in [0, 0.1) is 0 Å². The zero-order chi connectivity index (χ0) is 17.2. The molecule has 1 amide bonds. The quantitative estimate of drug-likeness (QED) is 0.777. The van der Waals surface area contributed by atoms with Gasteiger partial charge < -0.3 is 10.4 Å². The van der Waals surface area contributed by atoms with Crippen LogP contribution in [0.4, 0.5) is 5.82 Å². The largest absolute Gasteiger partial charge is 0.480 e. The Balaban J connectivity index is 2.21. The number of carboxylic acids is 1. The molecule has 2 aromatic rings. The fourth-order valence-electron chi connectivity index (χ4n) is 1.69. The van der Waals surface area contributed by atoms with E-state index in [1.807, 2.05) is 0 Å². The molecule has 124 valence electrons. The number of aromatic nitrogens is 2. The van der Waals surface area contributed by atoms with Gasteiger partial charge in [0.25, 0.3) is 5.91 Å². The first-order valence-corrected chi connectivity index (χ1v) is 8.60. The lowest BCUT2D eigenvalue weighted by Crippen LogP contribution is -2.24. The number of hydrogen-bond acceptors (Lipinski definition) is 6. The minimum absolute atomic E-state index is 0.0338. The van der Waals surface area contributed by atoms with Gasteiger partial charge in [-0.15, -0.1) is 11.3 Å². The summed E-state index contributed by atoms with van der Waals surface area (Å²) in [6.45, 7) is -0.338. The summed E-state index contributed by atoms with van der Waals surface area (Å²) in [6, 6.07) is 2.78. The van der Waals surface area contributed by atoms with Crippen molar-refractivity contribution in [2.75, 3.05) is 19.4 Å². The molecule has 0 bridgehead atoms. The van der Waals surface area contributed by atoms with Crippen molar-refractivity contribution in [1.82, 2.24) is 14.1 Å². The van der Waals surface area contributed by atoms with E-state index in [0.717, 1.165) is 20.3 Å². The number of sulfonamides is 1. The van der Waals surface area contributed by atoms with Crippen molar-refractivity contribution in [1.29, 1.82) is 0 Å². The maximum absolute atomic E-state index is 12.2. The lowest BCUT2D eigenvalue weighted by molar-refractivity contribution is -0.137. The summed E-state index contributed by atoms with van der Waals surface area (Å²) in [7, 11) is -0.978. The van der Waals surface area contributed by atoms with E-state index in [1.54, 1.807) is 0 Å². The van der Waals surface area contributed by atoms with Crippen molar-refractivity contribution < 1.29 is 23.1 Å². The van der Waals surface area contributed by atoms with E-state index in [9.17, 15) is 18.0 Å². The molecule has 11 heteroatoms. The Morgan fingerprint density at radius 3 is 2.70 bits per heavy atom. The number of hydrogen-bond donors (Lipinski definition) is 2. The summed E-state index contributed by atoms with van der Waals surface area (Å²) in [5.74, 6) is -1.55. The molecule has 0 saturated heterocycles. The molecular weight excluding hydrogens is 344 g/mol. The third-order valence-electron chi connectivity index (χ3n) is 2.77. The number of thiophene rings is 1. The lowest BCUT2D eigenvalue weighted by atomic mass is 10.4. The number of amides is 1. The van der Waals surface area contributed by atoms with Crippen molar-refractivity contribution in [2.45, 2.75) is 11.4 Å². The Morgan fingerprint density at radius 1 is 1.39 bits per heavy atom. The zero-order valence-electron chi connectivity index (χ0n) is 12.3. The van der Waals surface area contributed by atoms with Crippen molar-refractivity contribution in [2.24, 2.45) is 0 Å². The molecule has 0 aromatic carbocycles. The molecule has 9 nitrogen and oxygen atoms in total. The number of carbonyl (C=O) groups is 2. The van der Waals surface area contributed by atoms with E-state index in [-0.39, 0.29) is 22.1 Å². The Morgan fingerprint density at radius 2 is 2.09 bits per heavy atom. The molecule has 2 N–H and O–H groups in total. The molecule has 0 aliphatic heterocycles. The van der Waals surface area contributed by atoms with Crippen LogP contribution < -0.4 is 5.32 Å². The maximum atomic E-state index is 12.2. The van der Waals surface area contributed by atoms with Gasteiger partial charge in [0.1, 0.15) is 16.3 Å². The number of anilines is 1. The summed E-state index contributed by atoms with van der Waals surface area (Å²) < 4.78 is 26.5. The van der Waals surface area contributed by atoms with Crippen LogP contribution in [-0.2, 0) is 21.4 Å². The second kappa shape index (κ2) is 6.48. The summed E-state index contributed by atoms with van der Waals surface area (Å²) in [6.07, 6.45) is 1.40. The summed E-state index contributed by atoms with van der Waals surface area (Å²) >= 11 is 0.992. The van der Waals surface area contributed by atoms with Gasteiger partial charge in [0.15, 0.2) is 5.82 Å². The second-order valence-corrected chi connectivity index (χ2v) is 7.68. The lowest BCUT2D eigenvalue weighted by Gasteiger charge is -2.11. The Labute approximate surface area is 136 Å². The minimum Gasteiger partial charge on any atom is -0.480 e. The topological polar surface area (TPSA) is 122 Å². The fourth-order valence-corrected chi connectivity index (χ4v) is 3.88. The Kier molecular flexibility index (Phi) is 4.82. The highest BCUT2D eigenvalue weighted by molar-refractivity contribution is 7.89. The van der Waals surface area contributed by atoms with Crippen LogP contribution in [0.25, 0.3) is 0 Å². The molecule has 23 heavy (non-hydrogen) atoms. The van der Waals surface area contributed by atoms with E-state index in [1.165, 1.54) is 37.8 Å². The molecular formula is C12H14N4O5S2. The molecule has 0 spiro atoms. The van der Waals surface area contributed by atoms with Crippen LogP contribution in [0.15, 0.2) is 28.6 Å². The van der Waals surface area contributed by atoms with Gasteiger partial charge >= 0.3 is 5.97 Å². The minimum atomic E-state index is -3.73. The van der Waals surface area contributed by atoms with Crippen molar-refractivity contribution >= 4 is 39.1 Å². The first-order valence-electron chi connectivity index (χ1n) is 6.28. The summed E-state index contributed by atoms with van der Waals surface area (Å²) in [4.78, 5) is 22.8. The standard InChI is InChI=1S/C12H14N4O5S2/c1-15(2)23(20,21)8-4-6-22-11(8)12(19)13-9-3-5-16(14-9)7-10(17)18/h3-6H,7H2,1-2H3,(H,17,18)(H,13,14,19). The molecule has 0 radical (unpaired) electrons. The highest BCUT2D eigenvalue weighted by atomic mass is 32.2. The third kappa shape index (κ3) is 3.75. The molecule has 0 aliphatic rings. The predicted molar refractivity (Wildman–Crippen MR) is 83.0 cm³/mol. The van der Waals surface area contributed by atoms with Gasteiger partial charge in [0, 0.05) is 26.4 Å². The van der Waals surface area contributed by atoms with Crippen molar-refractivity contribution in [3.05, 3.63) is 28.6 Å². The van der Waals surface area contributed by atoms with Gasteiger partial charge in [-0.25, -0.2) is 12.7 Å². The van der Waals surface area contributed by atoms with E-state index in [4.69, 9.17) is 5.11 Å². The molecule has 0 atom stereocenters. The zero-order valence-corrected chi connectivity index (χ0v) is 13.9. The van der Waals surface area contributed by atoms with Gasteiger partial charge in [-0.05, 0) is 11.4 Å².